The van der Waals surface area contributed by atoms with Crippen LogP contribution in [0.5, 0.6) is 0 Å². The van der Waals surface area contributed by atoms with Gasteiger partial charge in [-0.25, -0.2) is 0 Å². The fourth-order valence-electron chi connectivity index (χ4n) is 6.54. The van der Waals surface area contributed by atoms with E-state index < -0.39 is 15.8 Å². The van der Waals surface area contributed by atoms with Gasteiger partial charge in [-0.15, -0.1) is 0 Å². The van der Waals surface area contributed by atoms with Crippen molar-refractivity contribution in [1.82, 2.24) is 0 Å². The zero-order valence-electron chi connectivity index (χ0n) is 26.9. The summed E-state index contributed by atoms with van der Waals surface area (Å²) in [5, 5.41) is 13.4. The molecular formula is C45H38P2. The van der Waals surface area contributed by atoms with Gasteiger partial charge in [0.2, 0.25) is 0 Å². The molecule has 7 aromatic rings. The summed E-state index contributed by atoms with van der Waals surface area (Å²) in [6.07, 6.45) is 8.00. The summed E-state index contributed by atoms with van der Waals surface area (Å²) in [5.41, 5.74) is 2.71. The second-order valence-electron chi connectivity index (χ2n) is 11.6. The van der Waals surface area contributed by atoms with Crippen molar-refractivity contribution in [3.63, 3.8) is 0 Å². The molecule has 0 fully saturated rings. The molecule has 0 saturated carbocycles. The smallest absolute Gasteiger partial charge is 0.000884 e. The van der Waals surface area contributed by atoms with E-state index in [0.717, 1.165) is 6.42 Å². The Hall–Kier alpha value is -4.60. The molecule has 0 spiro atoms. The molecule has 228 valence electrons. The van der Waals surface area contributed by atoms with Crippen LogP contribution in [0.2, 0.25) is 0 Å². The summed E-state index contributed by atoms with van der Waals surface area (Å²) in [6, 6.07) is 60.9. The van der Waals surface area contributed by atoms with Crippen molar-refractivity contribution < 1.29 is 0 Å². The summed E-state index contributed by atoms with van der Waals surface area (Å²) in [6.45, 7) is 4.41. The van der Waals surface area contributed by atoms with Gasteiger partial charge < -0.3 is 0 Å². The van der Waals surface area contributed by atoms with Gasteiger partial charge in [0.15, 0.2) is 0 Å². The normalized spacial score (nSPS) is 12.7. The number of benzene rings is 7. The van der Waals surface area contributed by atoms with Gasteiger partial charge in [0.25, 0.3) is 0 Å². The third-order valence-electron chi connectivity index (χ3n) is 8.67. The maximum absolute atomic E-state index is 2.43. The Morgan fingerprint density at radius 1 is 0.489 bits per heavy atom. The lowest BCUT2D eigenvalue weighted by Gasteiger charge is -2.28. The minimum absolute atomic E-state index is 0.855. The van der Waals surface area contributed by atoms with Crippen molar-refractivity contribution in [2.45, 2.75) is 20.3 Å². The van der Waals surface area contributed by atoms with Gasteiger partial charge >= 0.3 is 0 Å². The minimum Gasteiger partial charge on any atom is -0.0842 e. The zero-order valence-corrected chi connectivity index (χ0v) is 28.7. The molecule has 2 heteroatoms. The first-order chi connectivity index (χ1) is 23.3. The van der Waals surface area contributed by atoms with Crippen LogP contribution in [-0.2, 0) is 0 Å². The van der Waals surface area contributed by atoms with Gasteiger partial charge in [0.05, 0.1) is 0 Å². The van der Waals surface area contributed by atoms with E-state index >= 15 is 0 Å². The lowest BCUT2D eigenvalue weighted by molar-refractivity contribution is 1.22. The summed E-state index contributed by atoms with van der Waals surface area (Å²) >= 11 is 0. The topological polar surface area (TPSA) is 0 Å². The van der Waals surface area contributed by atoms with Crippen LogP contribution < -0.4 is 26.5 Å². The van der Waals surface area contributed by atoms with Crippen molar-refractivity contribution in [1.29, 1.82) is 0 Å². The Bertz CT molecular complexity index is 2140. The first-order valence-corrected chi connectivity index (χ1v) is 19.1. The second kappa shape index (κ2) is 14.4. The molecule has 0 aromatic heterocycles. The largest absolute Gasteiger partial charge is 0.0842 e. The van der Waals surface area contributed by atoms with Gasteiger partial charge in [-0.2, -0.15) is 0 Å². The quantitative estimate of drug-likeness (QED) is 0.109. The summed E-state index contributed by atoms with van der Waals surface area (Å²) < 4.78 is 0. The first kappa shape index (κ1) is 31.0. The Morgan fingerprint density at radius 2 is 0.936 bits per heavy atom. The Morgan fingerprint density at radius 3 is 1.45 bits per heavy atom. The Kier molecular flexibility index (Phi) is 9.53. The van der Waals surface area contributed by atoms with Crippen LogP contribution in [0.15, 0.2) is 187 Å². The van der Waals surface area contributed by atoms with Crippen LogP contribution >= 0.6 is 15.8 Å². The van der Waals surface area contributed by atoms with Gasteiger partial charge in [-0.1, -0.05) is 189 Å². The highest BCUT2D eigenvalue weighted by molar-refractivity contribution is 7.80. The molecule has 1 atom stereocenters. The highest BCUT2D eigenvalue weighted by Gasteiger charge is 2.28. The van der Waals surface area contributed by atoms with E-state index in [4.69, 9.17) is 0 Å². The van der Waals surface area contributed by atoms with E-state index in [9.17, 15) is 0 Å². The molecule has 0 heterocycles. The molecule has 1 unspecified atom stereocenters. The molecular weight excluding hydrogens is 602 g/mol. The third-order valence-corrected chi connectivity index (χ3v) is 13.7. The van der Waals surface area contributed by atoms with Gasteiger partial charge in [-0.3, -0.25) is 0 Å². The van der Waals surface area contributed by atoms with Crippen molar-refractivity contribution in [3.05, 3.63) is 187 Å². The molecule has 0 radical (unpaired) electrons. The average Bonchev–Trinajstić information content (AvgIpc) is 3.14. The molecule has 0 N–H and O–H groups in total. The number of rotatable bonds is 9. The molecule has 47 heavy (non-hydrogen) atoms. The van der Waals surface area contributed by atoms with Crippen molar-refractivity contribution in [2.24, 2.45) is 0 Å². The maximum Gasteiger partial charge on any atom is -0.000884 e. The van der Waals surface area contributed by atoms with Gasteiger partial charge in [-0.05, 0) is 93.7 Å². The SMILES string of the molecule is C/C=C(\C=C/CC)P(c1ccccc1)c1ccc2ccccc2c1-c1c(P(c2ccccc2)c2ccccc2)ccc2ccccc12. The monoisotopic (exact) mass is 640 g/mol. The average molecular weight is 641 g/mol. The highest BCUT2D eigenvalue weighted by atomic mass is 31.1. The summed E-state index contributed by atoms with van der Waals surface area (Å²) in [4.78, 5) is 0. The van der Waals surface area contributed by atoms with E-state index in [0.29, 0.717) is 0 Å². The predicted molar refractivity (Wildman–Crippen MR) is 211 cm³/mol. The molecule has 7 rings (SSSR count). The third kappa shape index (κ3) is 6.25. The van der Waals surface area contributed by atoms with E-state index in [-0.39, 0.29) is 0 Å². The lowest BCUT2D eigenvalue weighted by Crippen LogP contribution is -2.24. The highest BCUT2D eigenvalue weighted by Crippen LogP contribution is 2.49. The zero-order chi connectivity index (χ0) is 32.0. The van der Waals surface area contributed by atoms with Crippen LogP contribution in [-0.4, -0.2) is 0 Å². The van der Waals surface area contributed by atoms with Crippen molar-refractivity contribution in [3.8, 4) is 11.1 Å². The van der Waals surface area contributed by atoms with Crippen molar-refractivity contribution >= 4 is 63.9 Å². The van der Waals surface area contributed by atoms with Crippen LogP contribution in [0, 0.1) is 0 Å². The number of allylic oxidation sites excluding steroid dienone is 4. The first-order valence-electron chi connectivity index (χ1n) is 16.4. The molecule has 0 aliphatic rings. The molecule has 7 aromatic carbocycles. The van der Waals surface area contributed by atoms with Crippen LogP contribution in [0.25, 0.3) is 32.7 Å². The van der Waals surface area contributed by atoms with Crippen LogP contribution in [0.4, 0.5) is 0 Å². The van der Waals surface area contributed by atoms with E-state index in [1.807, 2.05) is 0 Å². The molecule has 0 amide bonds. The van der Waals surface area contributed by atoms with E-state index in [1.54, 1.807) is 0 Å². The molecule has 0 aliphatic heterocycles. The standard InChI is InChI=1S/C45H38P2/c1-3-5-21-36(4-2)46(37-22-9-6-10-23-37)42-32-30-34-19-15-17-28-40(34)44(42)45-41-29-18-16-20-35(41)31-33-43(45)47(38-24-11-7-12-25-38)39-26-13-8-14-27-39/h4-33H,3H2,1-2H3/b21-5-,36-4+. The Labute approximate surface area is 281 Å². The van der Waals surface area contributed by atoms with Crippen molar-refractivity contribution in [2.75, 3.05) is 0 Å². The fraction of sp³-hybridized carbons (Fsp3) is 0.0667. The summed E-state index contributed by atoms with van der Waals surface area (Å²) in [7, 11) is -1.71. The number of hydrogen-bond donors (Lipinski definition) is 0. The number of hydrogen-bond acceptors (Lipinski definition) is 0. The minimum atomic E-state index is -0.858. The second-order valence-corrected chi connectivity index (χ2v) is 15.9. The molecule has 0 saturated heterocycles. The van der Waals surface area contributed by atoms with Gasteiger partial charge in [0.1, 0.15) is 0 Å². The number of fused-ring (bicyclic) bond motifs is 2. The molecule has 0 nitrogen and oxygen atoms in total. The fourth-order valence-corrected chi connectivity index (χ4v) is 11.5. The maximum atomic E-state index is 2.43. The van der Waals surface area contributed by atoms with Gasteiger partial charge in [0, 0.05) is 0 Å². The molecule has 0 bridgehead atoms. The van der Waals surface area contributed by atoms with Crippen LogP contribution in [0.1, 0.15) is 20.3 Å². The van der Waals surface area contributed by atoms with E-state index in [2.05, 4.69) is 196 Å². The Balaban J connectivity index is 1.64. The molecule has 0 aliphatic carbocycles. The predicted octanol–water partition coefficient (Wildman–Crippen LogP) is 10.7. The lowest BCUT2D eigenvalue weighted by atomic mass is 9.93. The van der Waals surface area contributed by atoms with E-state index in [1.165, 1.54) is 64.5 Å². The summed E-state index contributed by atoms with van der Waals surface area (Å²) in [5.74, 6) is 0. The van der Waals surface area contributed by atoms with Crippen LogP contribution in [0.3, 0.4) is 0 Å².